The van der Waals surface area contributed by atoms with Gasteiger partial charge in [0.15, 0.2) is 11.9 Å². The van der Waals surface area contributed by atoms with Crippen LogP contribution in [0.15, 0.2) is 15.3 Å². The number of nitrogens with one attached hydrogen (secondary N) is 1. The van der Waals surface area contributed by atoms with E-state index in [2.05, 4.69) is 5.32 Å². The first-order valence-electron chi connectivity index (χ1n) is 7.98. The summed E-state index contributed by atoms with van der Waals surface area (Å²) in [5, 5.41) is 13.1. The standard InChI is InChI=1S/C18H21NO7/c1-10-6-12-11(2)13(7-15(21)19-4-5-25-9-24-3)18(23)26-17(12)14(8-20)16(10)22/h6,8,22H,4-5,7,9H2,1-3H3,(H,19,21). The number of aromatic hydroxyl groups is 1. The van der Waals surface area contributed by atoms with E-state index < -0.39 is 5.63 Å². The van der Waals surface area contributed by atoms with Gasteiger partial charge in [0, 0.05) is 19.0 Å². The zero-order chi connectivity index (χ0) is 19.3. The normalized spacial score (nSPS) is 10.9. The molecule has 140 valence electrons. The molecule has 0 saturated carbocycles. The van der Waals surface area contributed by atoms with Crippen LogP contribution in [0.1, 0.15) is 27.0 Å². The monoisotopic (exact) mass is 363 g/mol. The number of phenols is 1. The maximum absolute atomic E-state index is 12.3. The molecule has 26 heavy (non-hydrogen) atoms. The molecule has 1 heterocycles. The van der Waals surface area contributed by atoms with E-state index in [0.717, 1.165) is 0 Å². The van der Waals surface area contributed by atoms with Gasteiger partial charge in [-0.25, -0.2) is 4.79 Å². The molecule has 0 saturated heterocycles. The van der Waals surface area contributed by atoms with E-state index in [1.54, 1.807) is 19.9 Å². The van der Waals surface area contributed by atoms with Gasteiger partial charge in [-0.2, -0.15) is 0 Å². The lowest BCUT2D eigenvalue weighted by molar-refractivity contribution is -0.121. The summed E-state index contributed by atoms with van der Waals surface area (Å²) in [5.74, 6) is -0.580. The number of aryl methyl sites for hydroxylation is 2. The number of benzene rings is 1. The van der Waals surface area contributed by atoms with Gasteiger partial charge in [-0.15, -0.1) is 0 Å². The third kappa shape index (κ3) is 4.09. The second-order valence-electron chi connectivity index (χ2n) is 5.78. The van der Waals surface area contributed by atoms with Gasteiger partial charge < -0.3 is 24.3 Å². The van der Waals surface area contributed by atoms with Crippen molar-refractivity contribution < 1.29 is 28.6 Å². The van der Waals surface area contributed by atoms with Crippen molar-refractivity contribution in [2.75, 3.05) is 27.1 Å². The predicted molar refractivity (Wildman–Crippen MR) is 93.6 cm³/mol. The van der Waals surface area contributed by atoms with Crippen molar-refractivity contribution in [3.05, 3.63) is 38.7 Å². The molecule has 0 radical (unpaired) electrons. The Bertz CT molecular complexity index is 885. The number of amides is 1. The number of aldehydes is 1. The molecule has 8 heteroatoms. The number of carbonyl (C=O) groups is 2. The average Bonchev–Trinajstić information content (AvgIpc) is 2.61. The van der Waals surface area contributed by atoms with Crippen LogP contribution in [-0.4, -0.2) is 44.4 Å². The number of rotatable bonds is 8. The van der Waals surface area contributed by atoms with Gasteiger partial charge in [-0.05, 0) is 31.0 Å². The number of carbonyl (C=O) groups excluding carboxylic acids is 2. The first-order chi connectivity index (χ1) is 12.4. The molecular formula is C18H21NO7. The molecule has 1 aromatic heterocycles. The quantitative estimate of drug-likeness (QED) is 0.313. The van der Waals surface area contributed by atoms with Gasteiger partial charge in [0.1, 0.15) is 12.5 Å². The molecular weight excluding hydrogens is 342 g/mol. The highest BCUT2D eigenvalue weighted by molar-refractivity contribution is 5.99. The highest BCUT2D eigenvalue weighted by Crippen LogP contribution is 2.31. The number of methoxy groups -OCH3 is 1. The zero-order valence-corrected chi connectivity index (χ0v) is 14.9. The van der Waals surface area contributed by atoms with E-state index in [0.29, 0.717) is 22.8 Å². The van der Waals surface area contributed by atoms with Crippen LogP contribution in [-0.2, 0) is 20.7 Å². The predicted octanol–water partition coefficient (Wildman–Crippen LogP) is 1.21. The van der Waals surface area contributed by atoms with Crippen LogP contribution >= 0.6 is 0 Å². The van der Waals surface area contributed by atoms with Crippen LogP contribution < -0.4 is 10.9 Å². The van der Waals surface area contributed by atoms with E-state index in [1.807, 2.05) is 0 Å². The zero-order valence-electron chi connectivity index (χ0n) is 14.9. The number of ether oxygens (including phenoxy) is 2. The number of hydrogen-bond acceptors (Lipinski definition) is 7. The lowest BCUT2D eigenvalue weighted by Gasteiger charge is -2.11. The molecule has 8 nitrogen and oxygen atoms in total. The lowest BCUT2D eigenvalue weighted by Crippen LogP contribution is -2.30. The molecule has 1 amide bonds. The molecule has 1 aromatic carbocycles. The molecule has 0 aliphatic carbocycles. The largest absolute Gasteiger partial charge is 0.507 e. The fourth-order valence-electron chi connectivity index (χ4n) is 2.62. The van der Waals surface area contributed by atoms with Gasteiger partial charge in [-0.1, -0.05) is 0 Å². The highest BCUT2D eigenvalue weighted by atomic mass is 16.7. The molecule has 0 spiro atoms. The molecule has 0 aliphatic rings. The van der Waals surface area contributed by atoms with Gasteiger partial charge in [0.2, 0.25) is 5.91 Å². The summed E-state index contributed by atoms with van der Waals surface area (Å²) in [5.41, 5.74) is 0.437. The van der Waals surface area contributed by atoms with E-state index in [-0.39, 0.29) is 54.7 Å². The summed E-state index contributed by atoms with van der Waals surface area (Å²) in [7, 11) is 1.50. The number of fused-ring (bicyclic) bond motifs is 1. The molecule has 2 rings (SSSR count). The van der Waals surface area contributed by atoms with E-state index in [4.69, 9.17) is 13.9 Å². The van der Waals surface area contributed by atoms with E-state index >= 15 is 0 Å². The van der Waals surface area contributed by atoms with Crippen LogP contribution in [0, 0.1) is 13.8 Å². The number of phenolic OH excluding ortho intramolecular Hbond substituents is 1. The summed E-state index contributed by atoms with van der Waals surface area (Å²) in [6, 6.07) is 1.62. The fourth-order valence-corrected chi connectivity index (χ4v) is 2.62. The van der Waals surface area contributed by atoms with Gasteiger partial charge in [0.05, 0.1) is 24.2 Å². The van der Waals surface area contributed by atoms with Crippen molar-refractivity contribution >= 4 is 23.2 Å². The maximum atomic E-state index is 12.3. The second kappa shape index (κ2) is 8.59. The maximum Gasteiger partial charge on any atom is 0.340 e. The Hall–Kier alpha value is -2.71. The summed E-state index contributed by atoms with van der Waals surface area (Å²) in [6.45, 7) is 4.01. The van der Waals surface area contributed by atoms with Gasteiger partial charge >= 0.3 is 5.63 Å². The molecule has 2 aromatic rings. The van der Waals surface area contributed by atoms with Crippen LogP contribution in [0.4, 0.5) is 0 Å². The van der Waals surface area contributed by atoms with Crippen molar-refractivity contribution in [3.8, 4) is 5.75 Å². The minimum Gasteiger partial charge on any atom is -0.507 e. The molecule has 0 aliphatic heterocycles. The lowest BCUT2D eigenvalue weighted by atomic mass is 9.98. The third-order valence-electron chi connectivity index (χ3n) is 4.00. The Morgan fingerprint density at radius 3 is 2.77 bits per heavy atom. The minimum atomic E-state index is -0.716. The first kappa shape index (κ1) is 19.6. The van der Waals surface area contributed by atoms with Crippen molar-refractivity contribution in [1.29, 1.82) is 0 Å². The molecule has 0 fully saturated rings. The average molecular weight is 363 g/mol. The summed E-state index contributed by atoms with van der Waals surface area (Å²) in [6.07, 6.45) is 0.282. The van der Waals surface area contributed by atoms with Crippen LogP contribution in [0.2, 0.25) is 0 Å². The molecule has 0 atom stereocenters. The number of hydrogen-bond donors (Lipinski definition) is 2. The van der Waals surface area contributed by atoms with Crippen molar-refractivity contribution in [1.82, 2.24) is 5.32 Å². The SMILES string of the molecule is COCOCCNC(=O)Cc1c(C)c2cc(C)c(O)c(C=O)c2oc1=O. The molecule has 0 unspecified atom stereocenters. The second-order valence-corrected chi connectivity index (χ2v) is 5.78. The van der Waals surface area contributed by atoms with Crippen LogP contribution in [0.3, 0.4) is 0 Å². The molecule has 2 N–H and O–H groups in total. The Morgan fingerprint density at radius 1 is 1.38 bits per heavy atom. The minimum absolute atomic E-state index is 0.0164. The van der Waals surface area contributed by atoms with Crippen LogP contribution in [0.5, 0.6) is 5.75 Å². The van der Waals surface area contributed by atoms with Gasteiger partial charge in [0.25, 0.3) is 0 Å². The highest BCUT2D eigenvalue weighted by Gasteiger charge is 2.19. The Labute approximate surface area is 149 Å². The Morgan fingerprint density at radius 2 is 2.12 bits per heavy atom. The fraction of sp³-hybridized carbons (Fsp3) is 0.389. The summed E-state index contributed by atoms with van der Waals surface area (Å²) < 4.78 is 15.0. The topological polar surface area (TPSA) is 115 Å². The van der Waals surface area contributed by atoms with E-state index in [9.17, 15) is 19.5 Å². The van der Waals surface area contributed by atoms with Crippen molar-refractivity contribution in [2.24, 2.45) is 0 Å². The summed E-state index contributed by atoms with van der Waals surface area (Å²) >= 11 is 0. The van der Waals surface area contributed by atoms with E-state index in [1.165, 1.54) is 7.11 Å². The Balaban J connectivity index is 2.29. The molecule has 0 bridgehead atoms. The van der Waals surface area contributed by atoms with Crippen molar-refractivity contribution in [3.63, 3.8) is 0 Å². The first-order valence-corrected chi connectivity index (χ1v) is 7.98. The smallest absolute Gasteiger partial charge is 0.340 e. The van der Waals surface area contributed by atoms with Crippen LogP contribution in [0.25, 0.3) is 11.0 Å². The van der Waals surface area contributed by atoms with Gasteiger partial charge in [-0.3, -0.25) is 9.59 Å². The van der Waals surface area contributed by atoms with Crippen molar-refractivity contribution in [2.45, 2.75) is 20.3 Å². The third-order valence-corrected chi connectivity index (χ3v) is 4.00. The Kier molecular flexibility index (Phi) is 6.48. The summed E-state index contributed by atoms with van der Waals surface area (Å²) in [4.78, 5) is 35.6.